The standard InChI is InChI=1S/C28H33Cl2N5O4/c1-28(2,3)39-16-24-22(27(38)33-23(14-25(36)37)18-11-19(29)13-20(30)12-18)15-35(34-24)10-8-21-7-6-17-5-4-9-31-26(17)32-21/h6-7,11-13,15,23H,4-5,8-10,14,16H2,1-3H3,(H,31,32)(H,33,38)(H,36,37). The Morgan fingerprint density at radius 2 is 1.95 bits per heavy atom. The second-order valence-corrected chi connectivity index (χ2v) is 11.4. The van der Waals surface area contributed by atoms with Crippen LogP contribution in [0.2, 0.25) is 10.0 Å². The minimum atomic E-state index is -1.07. The molecule has 1 unspecified atom stereocenters. The third-order valence-electron chi connectivity index (χ3n) is 6.24. The van der Waals surface area contributed by atoms with Crippen LogP contribution in [0.25, 0.3) is 0 Å². The lowest BCUT2D eigenvalue weighted by Crippen LogP contribution is -2.31. The third kappa shape index (κ3) is 8.17. The van der Waals surface area contributed by atoms with Crippen molar-refractivity contribution in [3.63, 3.8) is 0 Å². The highest BCUT2D eigenvalue weighted by Crippen LogP contribution is 2.26. The summed E-state index contributed by atoms with van der Waals surface area (Å²) in [6.45, 7) is 7.31. The van der Waals surface area contributed by atoms with E-state index in [0.717, 1.165) is 30.9 Å². The summed E-state index contributed by atoms with van der Waals surface area (Å²) >= 11 is 12.3. The largest absolute Gasteiger partial charge is 0.481 e. The number of carboxylic acid groups (broad SMARTS) is 1. The van der Waals surface area contributed by atoms with E-state index in [1.165, 1.54) is 5.56 Å². The number of nitrogens with one attached hydrogen (secondary N) is 2. The summed E-state index contributed by atoms with van der Waals surface area (Å²) in [6, 6.07) is 8.02. The Kier molecular flexibility index (Phi) is 9.15. The lowest BCUT2D eigenvalue weighted by Gasteiger charge is -2.20. The van der Waals surface area contributed by atoms with Crippen LogP contribution >= 0.6 is 23.2 Å². The molecule has 11 heteroatoms. The van der Waals surface area contributed by atoms with Gasteiger partial charge in [-0.15, -0.1) is 0 Å². The van der Waals surface area contributed by atoms with Crippen LogP contribution in [0.15, 0.2) is 36.5 Å². The zero-order valence-electron chi connectivity index (χ0n) is 22.3. The molecule has 0 fully saturated rings. The van der Waals surface area contributed by atoms with Gasteiger partial charge in [-0.3, -0.25) is 14.3 Å². The van der Waals surface area contributed by atoms with E-state index in [-0.39, 0.29) is 13.0 Å². The minimum absolute atomic E-state index is 0.118. The number of carboxylic acids is 1. The van der Waals surface area contributed by atoms with Gasteiger partial charge in [0.15, 0.2) is 0 Å². The van der Waals surface area contributed by atoms with Gasteiger partial charge in [0.2, 0.25) is 0 Å². The van der Waals surface area contributed by atoms with Crippen LogP contribution in [-0.2, 0) is 35.5 Å². The summed E-state index contributed by atoms with van der Waals surface area (Å²) in [5, 5.41) is 21.0. The molecular weight excluding hydrogens is 541 g/mol. The molecule has 208 valence electrons. The number of fused-ring (bicyclic) bond motifs is 1. The van der Waals surface area contributed by atoms with Crippen molar-refractivity contribution in [1.82, 2.24) is 20.1 Å². The molecule has 1 amide bonds. The minimum Gasteiger partial charge on any atom is -0.481 e. The van der Waals surface area contributed by atoms with Gasteiger partial charge in [0.25, 0.3) is 5.91 Å². The van der Waals surface area contributed by atoms with E-state index in [0.29, 0.717) is 39.8 Å². The number of aryl methyl sites for hydroxylation is 3. The molecule has 3 heterocycles. The Bertz CT molecular complexity index is 1330. The molecule has 1 aromatic carbocycles. The Morgan fingerprint density at radius 3 is 2.64 bits per heavy atom. The van der Waals surface area contributed by atoms with Crippen molar-refractivity contribution < 1.29 is 19.4 Å². The molecule has 1 aliphatic rings. The monoisotopic (exact) mass is 573 g/mol. The average molecular weight is 575 g/mol. The van der Waals surface area contributed by atoms with Crippen molar-refractivity contribution in [2.45, 2.75) is 71.2 Å². The number of anilines is 1. The predicted molar refractivity (Wildman–Crippen MR) is 150 cm³/mol. The maximum Gasteiger partial charge on any atom is 0.305 e. The van der Waals surface area contributed by atoms with E-state index in [1.54, 1.807) is 29.1 Å². The summed E-state index contributed by atoms with van der Waals surface area (Å²) in [6.07, 6.45) is 4.07. The van der Waals surface area contributed by atoms with Crippen molar-refractivity contribution in [1.29, 1.82) is 0 Å². The van der Waals surface area contributed by atoms with Gasteiger partial charge in [0.05, 0.1) is 30.2 Å². The maximum absolute atomic E-state index is 13.5. The van der Waals surface area contributed by atoms with Gasteiger partial charge >= 0.3 is 5.97 Å². The first-order valence-electron chi connectivity index (χ1n) is 12.9. The summed E-state index contributed by atoms with van der Waals surface area (Å²) in [5.41, 5.74) is 2.97. The van der Waals surface area contributed by atoms with Gasteiger partial charge in [0, 0.05) is 41.4 Å². The van der Waals surface area contributed by atoms with E-state index in [1.807, 2.05) is 26.8 Å². The molecule has 3 N–H and O–H groups in total. The highest BCUT2D eigenvalue weighted by Gasteiger charge is 2.24. The van der Waals surface area contributed by atoms with E-state index >= 15 is 0 Å². The highest BCUT2D eigenvalue weighted by molar-refractivity contribution is 6.34. The predicted octanol–water partition coefficient (Wildman–Crippen LogP) is 5.45. The van der Waals surface area contributed by atoms with Gasteiger partial charge in [0.1, 0.15) is 11.5 Å². The zero-order chi connectivity index (χ0) is 28.2. The van der Waals surface area contributed by atoms with Gasteiger partial charge in [-0.25, -0.2) is 4.98 Å². The number of halogens is 2. The number of nitrogens with zero attached hydrogens (tertiary/aromatic N) is 3. The van der Waals surface area contributed by atoms with E-state index in [2.05, 4.69) is 21.8 Å². The fourth-order valence-electron chi connectivity index (χ4n) is 4.33. The van der Waals surface area contributed by atoms with Crippen LogP contribution in [0.3, 0.4) is 0 Å². The molecule has 39 heavy (non-hydrogen) atoms. The van der Waals surface area contributed by atoms with Gasteiger partial charge < -0.3 is 20.5 Å². The molecular formula is C28H33Cl2N5O4. The van der Waals surface area contributed by atoms with E-state index < -0.39 is 23.5 Å². The number of aliphatic carboxylic acids is 1. The molecule has 2 aromatic heterocycles. The van der Waals surface area contributed by atoms with Crippen molar-refractivity contribution in [3.05, 3.63) is 74.7 Å². The lowest BCUT2D eigenvalue weighted by molar-refractivity contribution is -0.137. The van der Waals surface area contributed by atoms with Crippen molar-refractivity contribution in [2.24, 2.45) is 0 Å². The summed E-state index contributed by atoms with van der Waals surface area (Å²) in [7, 11) is 0. The first-order valence-corrected chi connectivity index (χ1v) is 13.6. The SMILES string of the molecule is CC(C)(C)OCc1nn(CCc2ccc3c(n2)NCCC3)cc1C(=O)NC(CC(=O)O)c1cc(Cl)cc(Cl)c1. The lowest BCUT2D eigenvalue weighted by atomic mass is 10.0. The quantitative estimate of drug-likeness (QED) is 0.295. The number of amides is 1. The molecule has 0 aliphatic carbocycles. The number of hydrogen-bond donors (Lipinski definition) is 3. The Balaban J connectivity index is 1.55. The molecule has 0 radical (unpaired) electrons. The van der Waals surface area contributed by atoms with Crippen molar-refractivity contribution in [2.75, 3.05) is 11.9 Å². The van der Waals surface area contributed by atoms with Crippen molar-refractivity contribution in [3.8, 4) is 0 Å². The second-order valence-electron chi connectivity index (χ2n) is 10.6. The van der Waals surface area contributed by atoms with Crippen LogP contribution in [0, 0.1) is 0 Å². The number of benzene rings is 1. The van der Waals surface area contributed by atoms with Crippen LogP contribution in [0.1, 0.15) is 72.5 Å². The number of carbonyl (C=O) groups excluding carboxylic acids is 1. The molecule has 9 nitrogen and oxygen atoms in total. The summed E-state index contributed by atoms with van der Waals surface area (Å²) in [5.74, 6) is -0.605. The molecule has 0 saturated carbocycles. The normalized spacial score (nSPS) is 13.9. The Morgan fingerprint density at radius 1 is 1.21 bits per heavy atom. The van der Waals surface area contributed by atoms with Gasteiger partial charge in [-0.05, 0) is 69.0 Å². The zero-order valence-corrected chi connectivity index (χ0v) is 23.8. The third-order valence-corrected chi connectivity index (χ3v) is 6.68. The average Bonchev–Trinajstić information content (AvgIpc) is 3.28. The number of carbonyl (C=O) groups is 2. The molecule has 4 rings (SSSR count). The Labute approximate surface area is 237 Å². The second kappa shape index (κ2) is 12.4. The molecule has 1 atom stereocenters. The van der Waals surface area contributed by atoms with Crippen LogP contribution in [-0.4, -0.2) is 43.9 Å². The number of rotatable bonds is 10. The number of aromatic nitrogens is 3. The maximum atomic E-state index is 13.5. The fraction of sp³-hybridized carbons (Fsp3) is 0.429. The number of hydrogen-bond acceptors (Lipinski definition) is 6. The van der Waals surface area contributed by atoms with Crippen LogP contribution < -0.4 is 10.6 Å². The van der Waals surface area contributed by atoms with Crippen molar-refractivity contribution >= 4 is 40.9 Å². The fourth-order valence-corrected chi connectivity index (χ4v) is 4.88. The molecule has 0 spiro atoms. The van der Waals surface area contributed by atoms with Crippen LogP contribution in [0.4, 0.5) is 5.82 Å². The molecule has 0 saturated heterocycles. The number of pyridine rings is 1. The molecule has 1 aliphatic heterocycles. The van der Waals surface area contributed by atoms with E-state index in [4.69, 9.17) is 32.9 Å². The number of ether oxygens (including phenoxy) is 1. The molecule has 0 bridgehead atoms. The van der Waals surface area contributed by atoms with Gasteiger partial charge in [-0.1, -0.05) is 29.3 Å². The first-order chi connectivity index (χ1) is 18.5. The topological polar surface area (TPSA) is 118 Å². The summed E-state index contributed by atoms with van der Waals surface area (Å²) < 4.78 is 7.63. The Hall–Kier alpha value is -3.14. The highest BCUT2D eigenvalue weighted by atomic mass is 35.5. The summed E-state index contributed by atoms with van der Waals surface area (Å²) in [4.78, 5) is 29.8. The van der Waals surface area contributed by atoms with E-state index in [9.17, 15) is 14.7 Å². The van der Waals surface area contributed by atoms with Gasteiger partial charge in [-0.2, -0.15) is 5.10 Å². The smallest absolute Gasteiger partial charge is 0.305 e. The first kappa shape index (κ1) is 28.9. The molecule has 3 aromatic rings. The van der Waals surface area contributed by atoms with Crippen LogP contribution in [0.5, 0.6) is 0 Å².